The summed E-state index contributed by atoms with van der Waals surface area (Å²) in [7, 11) is 0. The molecule has 2 aliphatic rings. The Balaban J connectivity index is 1.47. The van der Waals surface area contributed by atoms with Crippen molar-refractivity contribution >= 4 is 23.6 Å². The van der Waals surface area contributed by atoms with Gasteiger partial charge in [0, 0.05) is 37.8 Å². The molecule has 7 heteroatoms. The van der Waals surface area contributed by atoms with E-state index in [0.717, 1.165) is 18.1 Å². The van der Waals surface area contributed by atoms with Gasteiger partial charge in [0.1, 0.15) is 5.75 Å². The minimum absolute atomic E-state index is 0.0253. The van der Waals surface area contributed by atoms with Gasteiger partial charge in [-0.2, -0.15) is 0 Å². The number of nitrogens with one attached hydrogen (secondary N) is 1. The molecule has 0 aliphatic carbocycles. The van der Waals surface area contributed by atoms with Crippen LogP contribution in [0.15, 0.2) is 30.3 Å². The SMILES string of the molecule is O=C(COc1ccccc1)N1CCCN(C(=O)C2CSCN2)CC1. The number of nitrogens with zero attached hydrogens (tertiary/aromatic N) is 2. The van der Waals surface area contributed by atoms with E-state index in [1.807, 2.05) is 35.2 Å². The Bertz CT molecular complexity index is 563. The van der Waals surface area contributed by atoms with Crippen molar-refractivity contribution in [3.05, 3.63) is 30.3 Å². The predicted molar refractivity (Wildman–Crippen MR) is 94.0 cm³/mol. The highest BCUT2D eigenvalue weighted by molar-refractivity contribution is 7.99. The molecule has 0 spiro atoms. The molecular formula is C17H23N3O3S. The molecule has 1 aromatic carbocycles. The normalized spacial score (nSPS) is 21.4. The molecule has 0 radical (unpaired) electrons. The first kappa shape index (κ1) is 17.1. The molecule has 130 valence electrons. The van der Waals surface area contributed by atoms with Gasteiger partial charge >= 0.3 is 0 Å². The number of carbonyl (C=O) groups excluding carboxylic acids is 2. The fourth-order valence-electron chi connectivity index (χ4n) is 2.91. The minimum atomic E-state index is -0.0707. The largest absolute Gasteiger partial charge is 0.484 e. The third-order valence-electron chi connectivity index (χ3n) is 4.28. The van der Waals surface area contributed by atoms with Gasteiger partial charge in [0.05, 0.1) is 6.04 Å². The summed E-state index contributed by atoms with van der Waals surface area (Å²) in [5.41, 5.74) is 0. The number of hydrogen-bond donors (Lipinski definition) is 1. The average Bonchev–Trinajstić information content (AvgIpc) is 3.04. The Labute approximate surface area is 146 Å². The van der Waals surface area contributed by atoms with Gasteiger partial charge in [-0.1, -0.05) is 18.2 Å². The first-order chi connectivity index (χ1) is 11.7. The smallest absolute Gasteiger partial charge is 0.260 e. The van der Waals surface area contributed by atoms with Gasteiger partial charge in [-0.3, -0.25) is 14.9 Å². The van der Waals surface area contributed by atoms with Crippen LogP contribution in [0.3, 0.4) is 0 Å². The van der Waals surface area contributed by atoms with Crippen molar-refractivity contribution in [3.63, 3.8) is 0 Å². The number of para-hydroxylation sites is 1. The summed E-state index contributed by atoms with van der Waals surface area (Å²) in [6, 6.07) is 9.27. The van der Waals surface area contributed by atoms with Crippen LogP contribution < -0.4 is 10.1 Å². The predicted octanol–water partition coefficient (Wildman–Crippen LogP) is 0.789. The van der Waals surface area contributed by atoms with Gasteiger partial charge in [-0.05, 0) is 18.6 Å². The molecule has 3 rings (SSSR count). The number of hydrogen-bond acceptors (Lipinski definition) is 5. The molecule has 24 heavy (non-hydrogen) atoms. The Morgan fingerprint density at radius 3 is 2.62 bits per heavy atom. The van der Waals surface area contributed by atoms with Crippen molar-refractivity contribution in [1.29, 1.82) is 0 Å². The van der Waals surface area contributed by atoms with Gasteiger partial charge in [-0.15, -0.1) is 11.8 Å². The third kappa shape index (κ3) is 4.42. The van der Waals surface area contributed by atoms with E-state index in [2.05, 4.69) is 5.32 Å². The first-order valence-electron chi connectivity index (χ1n) is 8.29. The van der Waals surface area contributed by atoms with E-state index in [9.17, 15) is 9.59 Å². The summed E-state index contributed by atoms with van der Waals surface area (Å²) in [5.74, 6) is 2.51. The maximum atomic E-state index is 12.5. The Morgan fingerprint density at radius 1 is 1.12 bits per heavy atom. The van der Waals surface area contributed by atoms with Crippen molar-refractivity contribution < 1.29 is 14.3 Å². The van der Waals surface area contributed by atoms with Crippen LogP contribution >= 0.6 is 11.8 Å². The number of carbonyl (C=O) groups is 2. The second kappa shape index (κ2) is 8.39. The van der Waals surface area contributed by atoms with Gasteiger partial charge in [0.25, 0.3) is 5.91 Å². The Hall–Kier alpha value is -1.73. The summed E-state index contributed by atoms with van der Waals surface area (Å²) in [5, 5.41) is 3.22. The number of amides is 2. The maximum Gasteiger partial charge on any atom is 0.260 e. The van der Waals surface area contributed by atoms with Crippen LogP contribution in [0.2, 0.25) is 0 Å². The Kier molecular flexibility index (Phi) is 5.98. The van der Waals surface area contributed by atoms with Crippen molar-refractivity contribution in [2.45, 2.75) is 12.5 Å². The fourth-order valence-corrected chi connectivity index (χ4v) is 3.85. The van der Waals surface area contributed by atoms with Gasteiger partial charge in [-0.25, -0.2) is 0 Å². The van der Waals surface area contributed by atoms with Gasteiger partial charge < -0.3 is 14.5 Å². The second-order valence-corrected chi connectivity index (χ2v) is 6.96. The van der Waals surface area contributed by atoms with E-state index >= 15 is 0 Å². The molecule has 0 saturated carbocycles. The lowest BCUT2D eigenvalue weighted by molar-refractivity contribution is -0.135. The molecule has 2 heterocycles. The summed E-state index contributed by atoms with van der Waals surface area (Å²) >= 11 is 1.75. The second-order valence-electron chi connectivity index (χ2n) is 5.93. The lowest BCUT2D eigenvalue weighted by Crippen LogP contribution is -2.46. The topological polar surface area (TPSA) is 61.9 Å². The monoisotopic (exact) mass is 349 g/mol. The molecule has 0 aromatic heterocycles. The highest BCUT2D eigenvalue weighted by Gasteiger charge is 2.29. The summed E-state index contributed by atoms with van der Waals surface area (Å²) in [6.45, 7) is 2.60. The first-order valence-corrected chi connectivity index (χ1v) is 9.45. The average molecular weight is 349 g/mol. The molecule has 2 saturated heterocycles. The van der Waals surface area contributed by atoms with E-state index in [4.69, 9.17) is 4.74 Å². The van der Waals surface area contributed by atoms with Crippen LogP contribution in [-0.2, 0) is 9.59 Å². The van der Waals surface area contributed by atoms with E-state index in [1.54, 1.807) is 16.7 Å². The molecule has 2 aliphatic heterocycles. The maximum absolute atomic E-state index is 12.5. The van der Waals surface area contributed by atoms with E-state index < -0.39 is 0 Å². The lowest BCUT2D eigenvalue weighted by atomic mass is 10.2. The Morgan fingerprint density at radius 2 is 1.88 bits per heavy atom. The number of ether oxygens (including phenoxy) is 1. The summed E-state index contributed by atoms with van der Waals surface area (Å²) in [6.07, 6.45) is 0.808. The van der Waals surface area contributed by atoms with Gasteiger partial charge in [0.2, 0.25) is 5.91 Å². The van der Waals surface area contributed by atoms with Crippen molar-refractivity contribution in [3.8, 4) is 5.75 Å². The molecule has 6 nitrogen and oxygen atoms in total. The van der Waals surface area contributed by atoms with Crippen molar-refractivity contribution in [2.24, 2.45) is 0 Å². The van der Waals surface area contributed by atoms with Crippen molar-refractivity contribution in [2.75, 3.05) is 44.4 Å². The molecule has 2 fully saturated rings. The van der Waals surface area contributed by atoms with Crippen LogP contribution in [0.25, 0.3) is 0 Å². The van der Waals surface area contributed by atoms with Crippen LogP contribution in [0.1, 0.15) is 6.42 Å². The molecule has 1 N–H and O–H groups in total. The lowest BCUT2D eigenvalue weighted by Gasteiger charge is -2.24. The fraction of sp³-hybridized carbons (Fsp3) is 0.529. The van der Waals surface area contributed by atoms with E-state index in [0.29, 0.717) is 31.9 Å². The van der Waals surface area contributed by atoms with Crippen LogP contribution in [0.4, 0.5) is 0 Å². The molecule has 1 atom stereocenters. The number of benzene rings is 1. The zero-order chi connectivity index (χ0) is 16.8. The summed E-state index contributed by atoms with van der Waals surface area (Å²) < 4.78 is 5.53. The zero-order valence-corrected chi connectivity index (χ0v) is 14.5. The zero-order valence-electron chi connectivity index (χ0n) is 13.6. The highest BCUT2D eigenvalue weighted by atomic mass is 32.2. The van der Waals surface area contributed by atoms with Crippen LogP contribution in [-0.4, -0.2) is 72.1 Å². The molecule has 0 bridgehead atoms. The number of thioether (sulfide) groups is 1. The summed E-state index contributed by atoms with van der Waals surface area (Å²) in [4.78, 5) is 28.5. The molecule has 2 amide bonds. The quantitative estimate of drug-likeness (QED) is 0.871. The molecular weight excluding hydrogens is 326 g/mol. The van der Waals surface area contributed by atoms with E-state index in [-0.39, 0.29) is 24.5 Å². The van der Waals surface area contributed by atoms with E-state index in [1.165, 1.54) is 0 Å². The minimum Gasteiger partial charge on any atom is -0.484 e. The molecule has 1 unspecified atom stereocenters. The van der Waals surface area contributed by atoms with Crippen molar-refractivity contribution in [1.82, 2.24) is 15.1 Å². The van der Waals surface area contributed by atoms with Crippen LogP contribution in [0.5, 0.6) is 5.75 Å². The highest BCUT2D eigenvalue weighted by Crippen LogP contribution is 2.14. The number of rotatable bonds is 4. The van der Waals surface area contributed by atoms with Crippen LogP contribution in [0, 0.1) is 0 Å². The van der Waals surface area contributed by atoms with Gasteiger partial charge in [0.15, 0.2) is 6.61 Å². The third-order valence-corrected chi connectivity index (χ3v) is 5.22. The standard InChI is InChI=1S/C17H23N3O3S/c21-16(11-23-14-5-2-1-3-6-14)19-7-4-8-20(10-9-19)17(22)15-12-24-13-18-15/h1-3,5-6,15,18H,4,7-13H2. The molecule has 1 aromatic rings.